The van der Waals surface area contributed by atoms with Crippen LogP contribution in [-0.2, 0) is 4.79 Å². The number of amides is 1. The Kier molecular flexibility index (Phi) is 4.20. The van der Waals surface area contributed by atoms with E-state index in [1.807, 2.05) is 6.07 Å². The molecule has 0 saturated heterocycles. The lowest BCUT2D eigenvalue weighted by molar-refractivity contribution is -0.140. The summed E-state index contributed by atoms with van der Waals surface area (Å²) in [6, 6.07) is 8.61. The first-order valence-corrected chi connectivity index (χ1v) is 6.42. The van der Waals surface area contributed by atoms with Crippen molar-refractivity contribution >= 4 is 34.4 Å². The van der Waals surface area contributed by atoms with Gasteiger partial charge in [0.05, 0.1) is 11.4 Å². The van der Waals surface area contributed by atoms with E-state index < -0.39 is 17.8 Å². The number of aromatic nitrogens is 1. The number of hydrogen-bond donors (Lipinski definition) is 2. The molecule has 0 spiro atoms. The van der Waals surface area contributed by atoms with Gasteiger partial charge in [-0.05, 0) is 18.2 Å². The summed E-state index contributed by atoms with van der Waals surface area (Å²) in [4.78, 5) is 26.8. The number of pyridine rings is 1. The maximum Gasteiger partial charge on any atom is 0.308 e. The third kappa shape index (κ3) is 3.24. The maximum absolute atomic E-state index is 11.9. The molecule has 2 N–H and O–H groups in total. The van der Waals surface area contributed by atoms with Crippen molar-refractivity contribution in [2.45, 2.75) is 6.92 Å². The monoisotopic (exact) mass is 292 g/mol. The molecule has 0 aliphatic carbocycles. The summed E-state index contributed by atoms with van der Waals surface area (Å²) >= 11 is 5.88. The van der Waals surface area contributed by atoms with E-state index in [0.29, 0.717) is 10.5 Å². The fraction of sp³-hybridized carbons (Fsp3) is 0.214. The Morgan fingerprint density at radius 3 is 2.75 bits per heavy atom. The number of halogens is 1. The minimum Gasteiger partial charge on any atom is -0.481 e. The molecular formula is C14H13ClN2O3. The molecule has 0 aliphatic rings. The highest BCUT2D eigenvalue weighted by Gasteiger charge is 2.14. The second-order valence-electron chi connectivity index (χ2n) is 4.48. The number of benzene rings is 1. The van der Waals surface area contributed by atoms with Gasteiger partial charge in [-0.15, -0.1) is 0 Å². The van der Waals surface area contributed by atoms with E-state index in [4.69, 9.17) is 16.7 Å². The smallest absolute Gasteiger partial charge is 0.308 e. The van der Waals surface area contributed by atoms with E-state index in [0.717, 1.165) is 5.39 Å². The molecule has 0 bridgehead atoms. The van der Waals surface area contributed by atoms with Crippen molar-refractivity contribution < 1.29 is 14.7 Å². The number of nitrogens with zero attached hydrogens (tertiary/aromatic N) is 1. The van der Waals surface area contributed by atoms with Gasteiger partial charge >= 0.3 is 5.97 Å². The lowest BCUT2D eigenvalue weighted by Crippen LogP contribution is -2.31. The Bertz CT molecular complexity index is 673. The molecule has 104 valence electrons. The molecule has 1 aromatic heterocycles. The standard InChI is InChI=1S/C14H13ClN2O3/c1-8(14(19)20)7-16-13(18)11-5-3-9-2-4-10(15)6-12(9)17-11/h2-6,8H,7H2,1H3,(H,16,18)(H,19,20). The number of carboxylic acid groups (broad SMARTS) is 1. The number of rotatable bonds is 4. The zero-order chi connectivity index (χ0) is 14.7. The van der Waals surface area contributed by atoms with E-state index in [2.05, 4.69) is 10.3 Å². The molecular weight excluding hydrogens is 280 g/mol. The minimum absolute atomic E-state index is 0.0590. The number of carbonyl (C=O) groups is 2. The molecule has 1 unspecified atom stereocenters. The molecule has 0 fully saturated rings. The van der Waals surface area contributed by atoms with Crippen molar-refractivity contribution in [3.63, 3.8) is 0 Å². The Hall–Kier alpha value is -2.14. The predicted molar refractivity (Wildman–Crippen MR) is 75.9 cm³/mol. The van der Waals surface area contributed by atoms with Crippen LogP contribution < -0.4 is 5.32 Å². The van der Waals surface area contributed by atoms with Gasteiger partial charge in [0.15, 0.2) is 0 Å². The summed E-state index contributed by atoms with van der Waals surface area (Å²) in [6.07, 6.45) is 0. The topological polar surface area (TPSA) is 79.3 Å². The van der Waals surface area contributed by atoms with Crippen LogP contribution in [-0.4, -0.2) is 28.5 Å². The molecule has 1 atom stereocenters. The first kappa shape index (κ1) is 14.3. The molecule has 5 nitrogen and oxygen atoms in total. The fourth-order valence-electron chi connectivity index (χ4n) is 1.64. The van der Waals surface area contributed by atoms with Gasteiger partial charge < -0.3 is 10.4 Å². The summed E-state index contributed by atoms with van der Waals surface area (Å²) in [5.74, 6) is -2.00. The Balaban J connectivity index is 2.16. The van der Waals surface area contributed by atoms with Gasteiger partial charge in [-0.3, -0.25) is 9.59 Å². The second kappa shape index (κ2) is 5.88. The van der Waals surface area contributed by atoms with Crippen molar-refractivity contribution in [1.82, 2.24) is 10.3 Å². The van der Waals surface area contributed by atoms with E-state index >= 15 is 0 Å². The highest BCUT2D eigenvalue weighted by Crippen LogP contribution is 2.17. The first-order valence-electron chi connectivity index (χ1n) is 6.04. The van der Waals surface area contributed by atoms with Crippen molar-refractivity contribution in [2.24, 2.45) is 5.92 Å². The minimum atomic E-state index is -0.955. The van der Waals surface area contributed by atoms with Crippen LogP contribution in [0.2, 0.25) is 5.02 Å². The zero-order valence-electron chi connectivity index (χ0n) is 10.8. The van der Waals surface area contributed by atoms with Gasteiger partial charge in [-0.1, -0.05) is 30.7 Å². The van der Waals surface area contributed by atoms with Gasteiger partial charge in [-0.2, -0.15) is 0 Å². The van der Waals surface area contributed by atoms with Crippen LogP contribution in [0.25, 0.3) is 10.9 Å². The molecule has 20 heavy (non-hydrogen) atoms. The van der Waals surface area contributed by atoms with Crippen molar-refractivity contribution in [3.8, 4) is 0 Å². The number of carbonyl (C=O) groups excluding carboxylic acids is 1. The molecule has 2 aromatic rings. The normalized spacial score (nSPS) is 12.1. The number of nitrogens with one attached hydrogen (secondary N) is 1. The fourth-order valence-corrected chi connectivity index (χ4v) is 1.81. The number of fused-ring (bicyclic) bond motifs is 1. The summed E-state index contributed by atoms with van der Waals surface area (Å²) in [5.41, 5.74) is 0.855. The lowest BCUT2D eigenvalue weighted by atomic mass is 10.1. The number of carboxylic acids is 1. The molecule has 2 rings (SSSR count). The van der Waals surface area contributed by atoms with Gasteiger partial charge in [0.25, 0.3) is 5.91 Å². The maximum atomic E-state index is 11.9. The Labute approximate surface area is 120 Å². The predicted octanol–water partition coefficient (Wildman–Crippen LogP) is 2.34. The van der Waals surface area contributed by atoms with E-state index in [-0.39, 0.29) is 12.2 Å². The second-order valence-corrected chi connectivity index (χ2v) is 4.92. The summed E-state index contributed by atoms with van der Waals surface area (Å²) in [7, 11) is 0. The van der Waals surface area contributed by atoms with Gasteiger partial charge in [0.1, 0.15) is 5.69 Å². The highest BCUT2D eigenvalue weighted by atomic mass is 35.5. The molecule has 0 saturated carbocycles. The van der Waals surface area contributed by atoms with Gasteiger partial charge in [0, 0.05) is 17.0 Å². The average molecular weight is 293 g/mol. The Morgan fingerprint density at radius 2 is 2.05 bits per heavy atom. The highest BCUT2D eigenvalue weighted by molar-refractivity contribution is 6.31. The van der Waals surface area contributed by atoms with E-state index in [1.165, 1.54) is 6.92 Å². The molecule has 1 heterocycles. The molecule has 0 aliphatic heterocycles. The van der Waals surface area contributed by atoms with Gasteiger partial charge in [0.2, 0.25) is 0 Å². The third-order valence-electron chi connectivity index (χ3n) is 2.88. The van der Waals surface area contributed by atoms with Crippen LogP contribution in [0.4, 0.5) is 0 Å². The van der Waals surface area contributed by atoms with Crippen LogP contribution in [0, 0.1) is 5.92 Å². The molecule has 1 amide bonds. The van der Waals surface area contributed by atoms with Crippen molar-refractivity contribution in [2.75, 3.05) is 6.54 Å². The summed E-state index contributed by atoms with van der Waals surface area (Å²) in [6.45, 7) is 1.58. The van der Waals surface area contributed by atoms with Gasteiger partial charge in [-0.25, -0.2) is 4.98 Å². The zero-order valence-corrected chi connectivity index (χ0v) is 11.5. The Morgan fingerprint density at radius 1 is 1.35 bits per heavy atom. The average Bonchev–Trinajstić information content (AvgIpc) is 2.43. The van der Waals surface area contributed by atoms with Crippen molar-refractivity contribution in [1.29, 1.82) is 0 Å². The molecule has 6 heteroatoms. The molecule has 0 radical (unpaired) electrons. The van der Waals surface area contributed by atoms with Crippen LogP contribution in [0.15, 0.2) is 30.3 Å². The SMILES string of the molecule is CC(CNC(=O)c1ccc2ccc(Cl)cc2n1)C(=O)O. The first-order chi connectivity index (χ1) is 9.47. The summed E-state index contributed by atoms with van der Waals surface area (Å²) in [5, 5.41) is 12.7. The molecule has 1 aromatic carbocycles. The van der Waals surface area contributed by atoms with Crippen molar-refractivity contribution in [3.05, 3.63) is 41.0 Å². The van der Waals surface area contributed by atoms with Crippen LogP contribution in [0.3, 0.4) is 0 Å². The van der Waals surface area contributed by atoms with Crippen LogP contribution in [0.5, 0.6) is 0 Å². The van der Waals surface area contributed by atoms with Crippen LogP contribution in [0.1, 0.15) is 17.4 Å². The quantitative estimate of drug-likeness (QED) is 0.906. The third-order valence-corrected chi connectivity index (χ3v) is 3.11. The number of hydrogen-bond acceptors (Lipinski definition) is 3. The summed E-state index contributed by atoms with van der Waals surface area (Å²) < 4.78 is 0. The van der Waals surface area contributed by atoms with E-state index in [1.54, 1.807) is 24.3 Å². The van der Waals surface area contributed by atoms with Crippen LogP contribution >= 0.6 is 11.6 Å². The largest absolute Gasteiger partial charge is 0.481 e. The number of aliphatic carboxylic acids is 1. The van der Waals surface area contributed by atoms with E-state index in [9.17, 15) is 9.59 Å². The lowest BCUT2D eigenvalue weighted by Gasteiger charge is -2.08.